The molecule has 0 radical (unpaired) electrons. The molecule has 2 N–H and O–H groups in total. The van der Waals surface area contributed by atoms with Crippen molar-refractivity contribution in [1.82, 2.24) is 20.4 Å². The number of nitrogens with zero attached hydrogens (tertiary/aromatic N) is 3. The SMILES string of the molecule is CN=C(NCCN1CCN(C(=O)C2CCC2)CC1)NCc1ccccc1OCC1CC1.I. The topological polar surface area (TPSA) is 69.2 Å². The molecule has 0 spiro atoms. The quantitative estimate of drug-likeness (QED) is 0.279. The highest BCUT2D eigenvalue weighted by molar-refractivity contribution is 14.0. The number of ether oxygens (including phenoxy) is 1. The molecule has 2 aliphatic carbocycles. The van der Waals surface area contributed by atoms with Crippen molar-refractivity contribution in [2.45, 2.75) is 38.6 Å². The van der Waals surface area contributed by atoms with Crippen LogP contribution in [0.15, 0.2) is 29.3 Å². The molecule has 0 unspecified atom stereocenters. The first-order chi connectivity index (χ1) is 15.2. The van der Waals surface area contributed by atoms with Gasteiger partial charge in [-0.2, -0.15) is 0 Å². The summed E-state index contributed by atoms with van der Waals surface area (Å²) in [4.78, 5) is 21.2. The minimum Gasteiger partial charge on any atom is -0.493 e. The van der Waals surface area contributed by atoms with E-state index in [4.69, 9.17) is 4.74 Å². The van der Waals surface area contributed by atoms with E-state index in [-0.39, 0.29) is 24.0 Å². The number of nitrogens with one attached hydrogen (secondary N) is 2. The summed E-state index contributed by atoms with van der Waals surface area (Å²) in [6.07, 6.45) is 5.99. The van der Waals surface area contributed by atoms with Gasteiger partial charge in [-0.15, -0.1) is 24.0 Å². The summed E-state index contributed by atoms with van der Waals surface area (Å²) in [6, 6.07) is 8.22. The molecule has 1 aromatic rings. The molecular formula is C24H38IN5O2. The lowest BCUT2D eigenvalue weighted by molar-refractivity contribution is -0.139. The molecule has 7 nitrogen and oxygen atoms in total. The molecule has 3 aliphatic rings. The average Bonchev–Trinajstić information content (AvgIpc) is 3.59. The Labute approximate surface area is 209 Å². The van der Waals surface area contributed by atoms with Gasteiger partial charge in [-0.3, -0.25) is 14.7 Å². The fourth-order valence-electron chi connectivity index (χ4n) is 4.12. The first-order valence-electron chi connectivity index (χ1n) is 11.9. The normalized spacial score (nSPS) is 19.7. The standard InChI is InChI=1S/C24H37N5O2.HI/c1-25-24(27-17-21-5-2-3-8-22(21)31-18-19-9-10-19)26-11-12-28-13-15-29(16-14-28)23(30)20-6-4-7-20;/h2-3,5,8,19-20H,4,6-7,9-18H2,1H3,(H2,25,26,27);1H. The van der Waals surface area contributed by atoms with Crippen LogP contribution in [0.5, 0.6) is 5.75 Å². The Morgan fingerprint density at radius 2 is 1.84 bits per heavy atom. The van der Waals surface area contributed by atoms with Crippen LogP contribution in [0.2, 0.25) is 0 Å². The summed E-state index contributed by atoms with van der Waals surface area (Å²) in [6.45, 7) is 6.92. The van der Waals surface area contributed by atoms with Gasteiger partial charge in [0.15, 0.2) is 5.96 Å². The molecule has 1 amide bonds. The lowest BCUT2D eigenvalue weighted by Gasteiger charge is -2.38. The lowest BCUT2D eigenvalue weighted by Crippen LogP contribution is -2.52. The second-order valence-electron chi connectivity index (χ2n) is 9.01. The van der Waals surface area contributed by atoms with Crippen LogP contribution in [0.4, 0.5) is 0 Å². The maximum absolute atomic E-state index is 12.4. The predicted octanol–water partition coefficient (Wildman–Crippen LogP) is 2.70. The molecule has 0 aromatic heterocycles. The molecule has 178 valence electrons. The molecule has 1 aromatic carbocycles. The zero-order chi connectivity index (χ0) is 21.5. The number of hydrogen-bond acceptors (Lipinski definition) is 4. The van der Waals surface area contributed by atoms with Gasteiger partial charge in [-0.25, -0.2) is 0 Å². The highest BCUT2D eigenvalue weighted by Crippen LogP contribution is 2.30. The fourth-order valence-corrected chi connectivity index (χ4v) is 4.12. The number of para-hydroxylation sites is 1. The number of carbonyl (C=O) groups excluding carboxylic acids is 1. The Balaban J connectivity index is 0.00000289. The van der Waals surface area contributed by atoms with Gasteiger partial charge in [0.1, 0.15) is 5.75 Å². The maximum atomic E-state index is 12.4. The predicted molar refractivity (Wildman–Crippen MR) is 139 cm³/mol. The van der Waals surface area contributed by atoms with Crippen molar-refractivity contribution in [3.63, 3.8) is 0 Å². The van der Waals surface area contributed by atoms with Gasteiger partial charge >= 0.3 is 0 Å². The van der Waals surface area contributed by atoms with Gasteiger partial charge in [-0.1, -0.05) is 24.6 Å². The highest BCUT2D eigenvalue weighted by Gasteiger charge is 2.31. The number of aliphatic imine (C=N–C) groups is 1. The van der Waals surface area contributed by atoms with Crippen molar-refractivity contribution >= 4 is 35.8 Å². The molecular weight excluding hydrogens is 517 g/mol. The van der Waals surface area contributed by atoms with E-state index < -0.39 is 0 Å². The van der Waals surface area contributed by atoms with Crippen LogP contribution in [0, 0.1) is 11.8 Å². The van der Waals surface area contributed by atoms with Crippen LogP contribution >= 0.6 is 24.0 Å². The number of rotatable bonds is 9. The van der Waals surface area contributed by atoms with Crippen LogP contribution in [0.1, 0.15) is 37.7 Å². The highest BCUT2D eigenvalue weighted by atomic mass is 127. The van der Waals surface area contributed by atoms with E-state index in [1.807, 2.05) is 18.2 Å². The largest absolute Gasteiger partial charge is 0.493 e. The smallest absolute Gasteiger partial charge is 0.225 e. The van der Waals surface area contributed by atoms with Crippen LogP contribution in [-0.4, -0.2) is 74.6 Å². The minimum absolute atomic E-state index is 0. The third-order valence-corrected chi connectivity index (χ3v) is 6.67. The Bertz CT molecular complexity index is 759. The van der Waals surface area contributed by atoms with E-state index in [2.05, 4.69) is 31.5 Å². The van der Waals surface area contributed by atoms with Gasteiger partial charge in [0.25, 0.3) is 0 Å². The van der Waals surface area contributed by atoms with Crippen LogP contribution in [-0.2, 0) is 11.3 Å². The van der Waals surface area contributed by atoms with Gasteiger partial charge in [0, 0.05) is 64.3 Å². The Morgan fingerprint density at radius 1 is 1.09 bits per heavy atom. The molecule has 0 atom stereocenters. The number of guanidine groups is 1. The Morgan fingerprint density at radius 3 is 2.50 bits per heavy atom. The zero-order valence-electron chi connectivity index (χ0n) is 19.2. The second-order valence-corrected chi connectivity index (χ2v) is 9.01. The van der Waals surface area contributed by atoms with Gasteiger partial charge in [-0.05, 0) is 37.7 Å². The van der Waals surface area contributed by atoms with E-state index in [9.17, 15) is 4.79 Å². The van der Waals surface area contributed by atoms with Crippen molar-refractivity contribution in [2.75, 3.05) is 52.9 Å². The Kier molecular flexibility index (Phi) is 9.90. The summed E-state index contributed by atoms with van der Waals surface area (Å²) in [7, 11) is 1.80. The number of carbonyl (C=O) groups is 1. The van der Waals surface area contributed by atoms with E-state index >= 15 is 0 Å². The molecule has 0 bridgehead atoms. The first kappa shape index (κ1) is 25.1. The van der Waals surface area contributed by atoms with Gasteiger partial charge in [0.05, 0.1) is 6.61 Å². The average molecular weight is 556 g/mol. The molecule has 8 heteroatoms. The summed E-state index contributed by atoms with van der Waals surface area (Å²) in [5.41, 5.74) is 1.15. The number of benzene rings is 1. The summed E-state index contributed by atoms with van der Waals surface area (Å²) in [5.74, 6) is 3.21. The van der Waals surface area contributed by atoms with Crippen molar-refractivity contribution in [2.24, 2.45) is 16.8 Å². The molecule has 32 heavy (non-hydrogen) atoms. The van der Waals surface area contributed by atoms with E-state index in [0.717, 1.165) is 81.9 Å². The van der Waals surface area contributed by atoms with E-state index in [1.54, 1.807) is 7.05 Å². The third-order valence-electron chi connectivity index (χ3n) is 6.67. The third kappa shape index (κ3) is 7.23. The lowest BCUT2D eigenvalue weighted by atomic mass is 9.84. The number of piperazine rings is 1. The van der Waals surface area contributed by atoms with Crippen LogP contribution in [0.3, 0.4) is 0 Å². The van der Waals surface area contributed by atoms with E-state index in [1.165, 1.54) is 19.3 Å². The molecule has 4 rings (SSSR count). The number of halogens is 1. The van der Waals surface area contributed by atoms with Gasteiger partial charge in [0.2, 0.25) is 5.91 Å². The second kappa shape index (κ2) is 12.6. The van der Waals surface area contributed by atoms with Crippen molar-refractivity contribution in [1.29, 1.82) is 0 Å². The molecule has 1 saturated heterocycles. The molecule has 3 fully saturated rings. The zero-order valence-corrected chi connectivity index (χ0v) is 21.6. The van der Waals surface area contributed by atoms with Crippen LogP contribution < -0.4 is 15.4 Å². The fraction of sp³-hybridized carbons (Fsp3) is 0.667. The van der Waals surface area contributed by atoms with Crippen molar-refractivity contribution < 1.29 is 9.53 Å². The molecule has 1 aliphatic heterocycles. The van der Waals surface area contributed by atoms with E-state index in [0.29, 0.717) is 18.4 Å². The minimum atomic E-state index is 0. The molecule has 1 heterocycles. The van der Waals surface area contributed by atoms with Crippen molar-refractivity contribution in [3.8, 4) is 5.75 Å². The van der Waals surface area contributed by atoms with Gasteiger partial charge < -0.3 is 20.3 Å². The monoisotopic (exact) mass is 555 g/mol. The summed E-state index contributed by atoms with van der Waals surface area (Å²) >= 11 is 0. The number of amides is 1. The van der Waals surface area contributed by atoms with Crippen molar-refractivity contribution in [3.05, 3.63) is 29.8 Å². The maximum Gasteiger partial charge on any atom is 0.225 e. The van der Waals surface area contributed by atoms with Crippen LogP contribution in [0.25, 0.3) is 0 Å². The number of hydrogen-bond donors (Lipinski definition) is 2. The molecule has 2 saturated carbocycles. The summed E-state index contributed by atoms with van der Waals surface area (Å²) in [5, 5.41) is 6.81. The summed E-state index contributed by atoms with van der Waals surface area (Å²) < 4.78 is 6.00. The first-order valence-corrected chi connectivity index (χ1v) is 11.9. The Hall–Kier alpha value is -1.55.